The van der Waals surface area contributed by atoms with E-state index in [4.69, 9.17) is 0 Å². The monoisotopic (exact) mass is 253 g/mol. The molecule has 0 bridgehead atoms. The highest BCUT2D eigenvalue weighted by Crippen LogP contribution is 2.20. The van der Waals surface area contributed by atoms with Gasteiger partial charge < -0.3 is 5.32 Å². The lowest BCUT2D eigenvalue weighted by Gasteiger charge is -2.28. The molecule has 0 radical (unpaired) electrons. The van der Waals surface area contributed by atoms with Crippen molar-refractivity contribution in [3.05, 3.63) is 59.3 Å². The third kappa shape index (κ3) is 2.76. The van der Waals surface area contributed by atoms with Crippen LogP contribution in [0.2, 0.25) is 0 Å². The Morgan fingerprint density at radius 1 is 1.16 bits per heavy atom. The van der Waals surface area contributed by atoms with Crippen molar-refractivity contribution in [1.82, 2.24) is 9.88 Å². The van der Waals surface area contributed by atoms with Crippen LogP contribution in [0.3, 0.4) is 0 Å². The Balaban J connectivity index is 1.68. The molecule has 1 N–H and O–H groups in total. The maximum absolute atomic E-state index is 4.37. The number of fused-ring (bicyclic) bond motifs is 1. The molecule has 0 spiro atoms. The molecular weight excluding hydrogens is 234 g/mol. The van der Waals surface area contributed by atoms with Gasteiger partial charge in [-0.05, 0) is 29.2 Å². The Kier molecular flexibility index (Phi) is 3.47. The minimum atomic E-state index is 0.924. The SMILES string of the molecule is CNc1ccc(CN2CCc3ccccc3C2)cn1. The molecule has 0 unspecified atom stereocenters. The summed E-state index contributed by atoms with van der Waals surface area (Å²) >= 11 is 0. The summed E-state index contributed by atoms with van der Waals surface area (Å²) in [5.41, 5.74) is 4.24. The van der Waals surface area contributed by atoms with Gasteiger partial charge in [0.25, 0.3) is 0 Å². The van der Waals surface area contributed by atoms with Crippen LogP contribution >= 0.6 is 0 Å². The second kappa shape index (κ2) is 5.41. The van der Waals surface area contributed by atoms with Crippen LogP contribution in [0.1, 0.15) is 16.7 Å². The third-order valence-corrected chi connectivity index (χ3v) is 3.70. The lowest BCUT2D eigenvalue weighted by atomic mass is 10.00. The highest BCUT2D eigenvalue weighted by atomic mass is 15.1. The molecule has 3 heteroatoms. The number of nitrogens with zero attached hydrogens (tertiary/aromatic N) is 2. The topological polar surface area (TPSA) is 28.2 Å². The molecule has 0 saturated carbocycles. The van der Waals surface area contributed by atoms with Crippen molar-refractivity contribution in [2.75, 3.05) is 18.9 Å². The number of rotatable bonds is 3. The summed E-state index contributed by atoms with van der Waals surface area (Å²) in [5, 5.41) is 3.05. The van der Waals surface area contributed by atoms with Gasteiger partial charge in [0.05, 0.1) is 0 Å². The Labute approximate surface area is 114 Å². The minimum absolute atomic E-state index is 0.924. The Bertz CT molecular complexity index is 548. The van der Waals surface area contributed by atoms with Gasteiger partial charge in [0.1, 0.15) is 5.82 Å². The Morgan fingerprint density at radius 3 is 2.74 bits per heavy atom. The number of nitrogens with one attached hydrogen (secondary N) is 1. The van der Waals surface area contributed by atoms with Crippen molar-refractivity contribution in [3.8, 4) is 0 Å². The lowest BCUT2D eigenvalue weighted by molar-refractivity contribution is 0.245. The van der Waals surface area contributed by atoms with Gasteiger partial charge in [-0.1, -0.05) is 30.3 Å². The first-order valence-electron chi connectivity index (χ1n) is 6.77. The molecule has 0 fully saturated rings. The van der Waals surface area contributed by atoms with Crippen LogP contribution < -0.4 is 5.32 Å². The molecule has 1 aromatic carbocycles. The fraction of sp³-hybridized carbons (Fsp3) is 0.312. The van der Waals surface area contributed by atoms with Gasteiger partial charge in [0.15, 0.2) is 0 Å². The van der Waals surface area contributed by atoms with Gasteiger partial charge in [-0.25, -0.2) is 4.98 Å². The maximum Gasteiger partial charge on any atom is 0.125 e. The third-order valence-electron chi connectivity index (χ3n) is 3.70. The number of hydrogen-bond acceptors (Lipinski definition) is 3. The first-order valence-corrected chi connectivity index (χ1v) is 6.77. The summed E-state index contributed by atoms with van der Waals surface area (Å²) < 4.78 is 0. The van der Waals surface area contributed by atoms with Crippen LogP contribution in [0.5, 0.6) is 0 Å². The van der Waals surface area contributed by atoms with Crippen LogP contribution in [0, 0.1) is 0 Å². The van der Waals surface area contributed by atoms with Crippen LogP contribution in [-0.2, 0) is 19.5 Å². The van der Waals surface area contributed by atoms with E-state index in [9.17, 15) is 0 Å². The molecule has 1 aliphatic rings. The number of benzene rings is 1. The molecule has 0 aliphatic carbocycles. The summed E-state index contributed by atoms with van der Waals surface area (Å²) in [6, 6.07) is 12.9. The van der Waals surface area contributed by atoms with Crippen LogP contribution in [0.4, 0.5) is 5.82 Å². The average Bonchev–Trinajstić information content (AvgIpc) is 2.48. The van der Waals surface area contributed by atoms with Crippen LogP contribution in [0.15, 0.2) is 42.6 Å². The van der Waals surface area contributed by atoms with E-state index >= 15 is 0 Å². The summed E-state index contributed by atoms with van der Waals surface area (Å²) in [5.74, 6) is 0.924. The van der Waals surface area contributed by atoms with Gasteiger partial charge in [-0.2, -0.15) is 0 Å². The van der Waals surface area contributed by atoms with E-state index in [-0.39, 0.29) is 0 Å². The molecule has 2 heterocycles. The molecular formula is C16H19N3. The zero-order valence-electron chi connectivity index (χ0n) is 11.3. The quantitative estimate of drug-likeness (QED) is 0.911. The van der Waals surface area contributed by atoms with E-state index < -0.39 is 0 Å². The summed E-state index contributed by atoms with van der Waals surface area (Å²) in [7, 11) is 1.89. The summed E-state index contributed by atoms with van der Waals surface area (Å²) in [6.07, 6.45) is 3.12. The lowest BCUT2D eigenvalue weighted by Crippen LogP contribution is -2.30. The van der Waals surface area contributed by atoms with E-state index in [1.807, 2.05) is 19.3 Å². The molecule has 1 aliphatic heterocycles. The van der Waals surface area contributed by atoms with Crippen molar-refractivity contribution in [2.24, 2.45) is 0 Å². The molecule has 3 nitrogen and oxygen atoms in total. The molecule has 0 amide bonds. The van der Waals surface area contributed by atoms with Gasteiger partial charge in [-0.15, -0.1) is 0 Å². The second-order valence-electron chi connectivity index (χ2n) is 5.03. The van der Waals surface area contributed by atoms with Crippen molar-refractivity contribution in [3.63, 3.8) is 0 Å². The average molecular weight is 253 g/mol. The van der Waals surface area contributed by atoms with Gasteiger partial charge >= 0.3 is 0 Å². The van der Waals surface area contributed by atoms with E-state index in [0.29, 0.717) is 0 Å². The predicted molar refractivity (Wildman–Crippen MR) is 78.0 cm³/mol. The Morgan fingerprint density at radius 2 is 2.00 bits per heavy atom. The van der Waals surface area contributed by atoms with Crippen molar-refractivity contribution in [1.29, 1.82) is 0 Å². The highest BCUT2D eigenvalue weighted by molar-refractivity contribution is 5.34. The maximum atomic E-state index is 4.37. The largest absolute Gasteiger partial charge is 0.373 e. The van der Waals surface area contributed by atoms with Crippen LogP contribution in [0.25, 0.3) is 0 Å². The van der Waals surface area contributed by atoms with Crippen LogP contribution in [-0.4, -0.2) is 23.5 Å². The molecule has 3 rings (SSSR count). The number of aromatic nitrogens is 1. The molecule has 1 aromatic heterocycles. The Hall–Kier alpha value is -1.87. The van der Waals surface area contributed by atoms with Gasteiger partial charge in [0, 0.05) is 32.9 Å². The molecule has 0 atom stereocenters. The molecule has 98 valence electrons. The number of hydrogen-bond donors (Lipinski definition) is 1. The zero-order valence-corrected chi connectivity index (χ0v) is 11.3. The molecule has 19 heavy (non-hydrogen) atoms. The molecule has 0 saturated heterocycles. The second-order valence-corrected chi connectivity index (χ2v) is 5.03. The standard InChI is InChI=1S/C16H19N3/c1-17-16-7-6-13(10-18-16)11-19-9-8-14-4-2-3-5-15(14)12-19/h2-7,10H,8-9,11-12H2,1H3,(H,17,18). The number of anilines is 1. The zero-order chi connectivity index (χ0) is 13.1. The fourth-order valence-corrected chi connectivity index (χ4v) is 2.61. The molecule has 2 aromatic rings. The van der Waals surface area contributed by atoms with Crippen molar-refractivity contribution in [2.45, 2.75) is 19.5 Å². The van der Waals surface area contributed by atoms with E-state index in [1.54, 1.807) is 0 Å². The van der Waals surface area contributed by atoms with Gasteiger partial charge in [-0.3, -0.25) is 4.90 Å². The van der Waals surface area contributed by atoms with E-state index in [2.05, 4.69) is 45.5 Å². The van der Waals surface area contributed by atoms with E-state index in [1.165, 1.54) is 16.7 Å². The normalized spacial score (nSPS) is 15.0. The summed E-state index contributed by atoms with van der Waals surface area (Å²) in [6.45, 7) is 3.15. The minimum Gasteiger partial charge on any atom is -0.373 e. The van der Waals surface area contributed by atoms with Crippen molar-refractivity contribution < 1.29 is 0 Å². The van der Waals surface area contributed by atoms with E-state index in [0.717, 1.165) is 31.9 Å². The van der Waals surface area contributed by atoms with Crippen molar-refractivity contribution >= 4 is 5.82 Å². The first-order chi connectivity index (χ1) is 9.35. The van der Waals surface area contributed by atoms with Gasteiger partial charge in [0.2, 0.25) is 0 Å². The summed E-state index contributed by atoms with van der Waals surface area (Å²) in [4.78, 5) is 6.85. The number of pyridine rings is 1. The predicted octanol–water partition coefficient (Wildman–Crippen LogP) is 2.68. The fourth-order valence-electron chi connectivity index (χ4n) is 2.61. The smallest absolute Gasteiger partial charge is 0.125 e. The first kappa shape index (κ1) is 12.2. The highest BCUT2D eigenvalue weighted by Gasteiger charge is 2.15.